The topological polar surface area (TPSA) is 52.7 Å². The van der Waals surface area contributed by atoms with E-state index in [2.05, 4.69) is 37.4 Å². The molecule has 2 aliphatic heterocycles. The lowest BCUT2D eigenvalue weighted by Gasteiger charge is -2.39. The van der Waals surface area contributed by atoms with Crippen LogP contribution in [0.3, 0.4) is 0 Å². The smallest absolute Gasteiger partial charge is 0.279 e. The first-order valence-corrected chi connectivity index (χ1v) is 9.58. The van der Waals surface area contributed by atoms with E-state index in [1.807, 2.05) is 0 Å². The molecule has 0 radical (unpaired) electrons. The summed E-state index contributed by atoms with van der Waals surface area (Å²) in [6, 6.07) is 0.0640. The van der Waals surface area contributed by atoms with Crippen LogP contribution in [0.15, 0.2) is 0 Å². The van der Waals surface area contributed by atoms with Gasteiger partial charge >= 0.3 is 0 Å². The van der Waals surface area contributed by atoms with Gasteiger partial charge in [-0.1, -0.05) is 20.8 Å². The van der Waals surface area contributed by atoms with Gasteiger partial charge in [0, 0.05) is 25.7 Å². The van der Waals surface area contributed by atoms with E-state index in [-0.39, 0.29) is 11.5 Å². The molecule has 5 nitrogen and oxygen atoms in total. The molecule has 1 atom stereocenters. The van der Waals surface area contributed by atoms with Gasteiger partial charge in [-0.2, -0.15) is 17.4 Å². The first kappa shape index (κ1) is 17.2. The molecule has 6 heteroatoms. The van der Waals surface area contributed by atoms with Crippen LogP contribution in [0.2, 0.25) is 0 Å². The third kappa shape index (κ3) is 4.65. The number of likely N-dealkylation sites (N-methyl/N-ethyl adjacent to an activating group) is 1. The van der Waals surface area contributed by atoms with Gasteiger partial charge in [-0.05, 0) is 50.6 Å². The molecule has 0 amide bonds. The van der Waals surface area contributed by atoms with Crippen molar-refractivity contribution in [3.8, 4) is 0 Å². The van der Waals surface area contributed by atoms with Crippen LogP contribution in [-0.4, -0.2) is 56.9 Å². The lowest BCUT2D eigenvalue weighted by atomic mass is 9.76. The van der Waals surface area contributed by atoms with Gasteiger partial charge in [0.15, 0.2) is 0 Å². The molecule has 0 aromatic rings. The van der Waals surface area contributed by atoms with Crippen LogP contribution in [0, 0.1) is 11.3 Å². The summed E-state index contributed by atoms with van der Waals surface area (Å²) >= 11 is 0. The Morgan fingerprint density at radius 3 is 2.19 bits per heavy atom. The molecule has 0 aliphatic carbocycles. The van der Waals surface area contributed by atoms with Crippen LogP contribution in [0.25, 0.3) is 0 Å². The Balaban J connectivity index is 1.89. The SMILES string of the molecule is CN1CCCC(NS(=O)(=O)N2CCC(C(C)(C)C)CC2)C1. The van der Waals surface area contributed by atoms with Crippen molar-refractivity contribution in [2.45, 2.75) is 52.5 Å². The van der Waals surface area contributed by atoms with Crippen molar-refractivity contribution in [1.29, 1.82) is 0 Å². The van der Waals surface area contributed by atoms with Gasteiger partial charge in [0.2, 0.25) is 0 Å². The first-order chi connectivity index (χ1) is 9.68. The summed E-state index contributed by atoms with van der Waals surface area (Å²) in [5.74, 6) is 0.616. The summed E-state index contributed by atoms with van der Waals surface area (Å²) in [4.78, 5) is 2.20. The number of hydrogen-bond acceptors (Lipinski definition) is 3. The number of nitrogens with zero attached hydrogens (tertiary/aromatic N) is 2. The summed E-state index contributed by atoms with van der Waals surface area (Å²) in [6.07, 6.45) is 3.95. The normalized spacial score (nSPS) is 27.9. The molecule has 2 aliphatic rings. The van der Waals surface area contributed by atoms with Crippen LogP contribution in [0.1, 0.15) is 46.5 Å². The van der Waals surface area contributed by atoms with Crippen LogP contribution in [0.5, 0.6) is 0 Å². The molecule has 0 saturated carbocycles. The largest absolute Gasteiger partial charge is 0.305 e. The average molecular weight is 317 g/mol. The lowest BCUT2D eigenvalue weighted by Crippen LogP contribution is -2.52. The van der Waals surface area contributed by atoms with Gasteiger partial charge < -0.3 is 4.90 Å². The fraction of sp³-hybridized carbons (Fsp3) is 1.00. The number of piperidine rings is 2. The van der Waals surface area contributed by atoms with Gasteiger partial charge in [-0.25, -0.2) is 0 Å². The summed E-state index contributed by atoms with van der Waals surface area (Å²) in [7, 11) is -1.27. The van der Waals surface area contributed by atoms with E-state index < -0.39 is 10.2 Å². The molecule has 0 bridgehead atoms. The Hall–Kier alpha value is -0.170. The van der Waals surface area contributed by atoms with Crippen LogP contribution < -0.4 is 4.72 Å². The molecular weight excluding hydrogens is 286 g/mol. The summed E-state index contributed by atoms with van der Waals surface area (Å²) in [5, 5.41) is 0. The minimum atomic E-state index is -3.32. The van der Waals surface area contributed by atoms with E-state index in [1.165, 1.54) is 0 Å². The van der Waals surface area contributed by atoms with Crippen molar-refractivity contribution in [3.05, 3.63) is 0 Å². The van der Waals surface area contributed by atoms with Crippen LogP contribution in [-0.2, 0) is 10.2 Å². The van der Waals surface area contributed by atoms with Crippen molar-refractivity contribution < 1.29 is 8.42 Å². The molecular formula is C15H31N3O2S. The van der Waals surface area contributed by atoms with Crippen molar-refractivity contribution >= 4 is 10.2 Å². The fourth-order valence-electron chi connectivity index (χ4n) is 3.51. The third-order valence-corrected chi connectivity index (χ3v) is 6.63. The number of likely N-dealkylation sites (tertiary alicyclic amines) is 1. The van der Waals surface area contributed by atoms with Crippen molar-refractivity contribution in [2.75, 3.05) is 33.2 Å². The van der Waals surface area contributed by atoms with Crippen molar-refractivity contribution in [2.24, 2.45) is 11.3 Å². The lowest BCUT2D eigenvalue weighted by molar-refractivity contribution is 0.152. The molecule has 2 saturated heterocycles. The van der Waals surface area contributed by atoms with Crippen molar-refractivity contribution in [3.63, 3.8) is 0 Å². The summed E-state index contributed by atoms with van der Waals surface area (Å²) in [6.45, 7) is 9.93. The van der Waals surface area contributed by atoms with Gasteiger partial charge in [-0.15, -0.1) is 0 Å². The van der Waals surface area contributed by atoms with E-state index >= 15 is 0 Å². The number of nitrogens with one attached hydrogen (secondary N) is 1. The Kier molecular flexibility index (Phi) is 5.34. The minimum Gasteiger partial charge on any atom is -0.305 e. The molecule has 0 aromatic heterocycles. The van der Waals surface area contributed by atoms with Gasteiger partial charge in [0.25, 0.3) is 10.2 Å². The zero-order valence-electron chi connectivity index (χ0n) is 13.9. The Morgan fingerprint density at radius 1 is 1.05 bits per heavy atom. The monoisotopic (exact) mass is 317 g/mol. The molecule has 2 rings (SSSR count). The first-order valence-electron chi connectivity index (χ1n) is 8.14. The van der Waals surface area contributed by atoms with Gasteiger partial charge in [0.05, 0.1) is 0 Å². The molecule has 124 valence electrons. The van der Waals surface area contributed by atoms with E-state index in [9.17, 15) is 8.42 Å². The highest BCUT2D eigenvalue weighted by atomic mass is 32.2. The van der Waals surface area contributed by atoms with E-state index in [0.29, 0.717) is 19.0 Å². The maximum Gasteiger partial charge on any atom is 0.279 e. The van der Waals surface area contributed by atoms with Crippen LogP contribution in [0.4, 0.5) is 0 Å². The fourth-order valence-corrected chi connectivity index (χ4v) is 4.96. The molecule has 1 N–H and O–H groups in total. The second-order valence-corrected chi connectivity index (χ2v) is 9.47. The predicted molar refractivity (Wildman–Crippen MR) is 86.3 cm³/mol. The molecule has 21 heavy (non-hydrogen) atoms. The maximum absolute atomic E-state index is 12.5. The van der Waals surface area contributed by atoms with E-state index in [4.69, 9.17) is 0 Å². The second kappa shape index (κ2) is 6.52. The van der Waals surface area contributed by atoms with E-state index in [0.717, 1.165) is 38.8 Å². The minimum absolute atomic E-state index is 0.0640. The zero-order valence-corrected chi connectivity index (χ0v) is 14.7. The maximum atomic E-state index is 12.5. The third-order valence-electron chi connectivity index (χ3n) is 4.96. The molecule has 1 unspecified atom stereocenters. The zero-order chi connectivity index (χ0) is 15.7. The Morgan fingerprint density at radius 2 is 1.67 bits per heavy atom. The van der Waals surface area contributed by atoms with Gasteiger partial charge in [-0.3, -0.25) is 0 Å². The molecule has 0 aromatic carbocycles. The molecule has 2 heterocycles. The molecule has 0 spiro atoms. The quantitative estimate of drug-likeness (QED) is 0.861. The number of rotatable bonds is 3. The Bertz CT molecular complexity index is 436. The average Bonchev–Trinajstić information content (AvgIpc) is 2.37. The highest BCUT2D eigenvalue weighted by molar-refractivity contribution is 7.87. The standard InChI is InChI=1S/C15H31N3O2S/c1-15(2,3)13-7-10-18(11-8-13)21(19,20)16-14-6-5-9-17(4)12-14/h13-14,16H,5-12H2,1-4H3. The molecule has 2 fully saturated rings. The highest BCUT2D eigenvalue weighted by Gasteiger charge is 2.34. The predicted octanol–water partition coefficient (Wildman–Crippen LogP) is 1.67. The summed E-state index contributed by atoms with van der Waals surface area (Å²) in [5.41, 5.74) is 0.273. The van der Waals surface area contributed by atoms with Crippen molar-refractivity contribution in [1.82, 2.24) is 13.9 Å². The number of hydrogen-bond donors (Lipinski definition) is 1. The second-order valence-electron chi connectivity index (χ2n) is 7.76. The Labute approximate surface area is 130 Å². The van der Waals surface area contributed by atoms with Gasteiger partial charge in [0.1, 0.15) is 0 Å². The van der Waals surface area contributed by atoms with E-state index in [1.54, 1.807) is 4.31 Å². The van der Waals surface area contributed by atoms with Crippen LogP contribution >= 0.6 is 0 Å². The highest BCUT2D eigenvalue weighted by Crippen LogP contribution is 2.34. The summed E-state index contributed by atoms with van der Waals surface area (Å²) < 4.78 is 29.6.